The molecule has 0 unspecified atom stereocenters. The molecule has 3 rings (SSSR count). The highest BCUT2D eigenvalue weighted by molar-refractivity contribution is 5.92. The van der Waals surface area contributed by atoms with Crippen molar-refractivity contribution in [1.29, 1.82) is 0 Å². The van der Waals surface area contributed by atoms with Crippen molar-refractivity contribution < 1.29 is 9.18 Å². The van der Waals surface area contributed by atoms with Crippen molar-refractivity contribution in [3.8, 4) is 0 Å². The van der Waals surface area contributed by atoms with E-state index in [9.17, 15) is 9.18 Å². The molecule has 2 N–H and O–H groups in total. The lowest BCUT2D eigenvalue weighted by atomic mass is 10.2. The molecule has 3 aromatic rings. The number of anilines is 2. The maximum Gasteiger partial charge on any atom is 0.272 e. The van der Waals surface area contributed by atoms with E-state index in [0.29, 0.717) is 12.4 Å². The third kappa shape index (κ3) is 4.60. The summed E-state index contributed by atoms with van der Waals surface area (Å²) in [5.74, 6) is -0.0877. The Morgan fingerprint density at radius 1 is 0.960 bits per heavy atom. The smallest absolute Gasteiger partial charge is 0.272 e. The topological polar surface area (TPSA) is 66.9 Å². The van der Waals surface area contributed by atoms with E-state index in [4.69, 9.17) is 0 Å². The zero-order valence-corrected chi connectivity index (χ0v) is 13.7. The molecule has 1 amide bonds. The van der Waals surface area contributed by atoms with E-state index in [2.05, 4.69) is 20.8 Å². The number of aromatic nitrogens is 2. The molecule has 0 aliphatic heterocycles. The van der Waals surface area contributed by atoms with Gasteiger partial charge in [0.25, 0.3) is 5.91 Å². The van der Waals surface area contributed by atoms with E-state index >= 15 is 0 Å². The third-order valence-electron chi connectivity index (χ3n) is 3.59. The summed E-state index contributed by atoms with van der Waals surface area (Å²) in [6, 6.07) is 17.1. The first-order chi connectivity index (χ1) is 12.1. The van der Waals surface area contributed by atoms with Gasteiger partial charge in [-0.2, -0.15) is 0 Å². The maximum absolute atomic E-state index is 12.9. The van der Waals surface area contributed by atoms with Crippen LogP contribution in [0.3, 0.4) is 0 Å². The average Bonchev–Trinajstić information content (AvgIpc) is 2.63. The molecule has 25 heavy (non-hydrogen) atoms. The van der Waals surface area contributed by atoms with Gasteiger partial charge in [-0.05, 0) is 48.9 Å². The van der Waals surface area contributed by atoms with E-state index < -0.39 is 0 Å². The molecule has 126 valence electrons. The number of hydrogen-bond donors (Lipinski definition) is 2. The maximum atomic E-state index is 12.9. The van der Waals surface area contributed by atoms with Gasteiger partial charge in [-0.25, -0.2) is 4.39 Å². The van der Waals surface area contributed by atoms with Crippen molar-refractivity contribution >= 4 is 17.4 Å². The Balaban J connectivity index is 1.58. The van der Waals surface area contributed by atoms with Crippen molar-refractivity contribution in [2.24, 2.45) is 0 Å². The molecule has 0 saturated heterocycles. The molecule has 5 nitrogen and oxygen atoms in total. The van der Waals surface area contributed by atoms with Crippen LogP contribution >= 0.6 is 0 Å². The number of aryl methyl sites for hydroxylation is 1. The highest BCUT2D eigenvalue weighted by Crippen LogP contribution is 2.14. The first-order valence-corrected chi connectivity index (χ1v) is 7.80. The molecule has 6 heteroatoms. The summed E-state index contributed by atoms with van der Waals surface area (Å²) in [7, 11) is 0. The predicted octanol–water partition coefficient (Wildman–Crippen LogP) is 3.60. The van der Waals surface area contributed by atoms with Crippen LogP contribution in [0.5, 0.6) is 0 Å². The van der Waals surface area contributed by atoms with E-state index in [-0.39, 0.29) is 17.4 Å². The monoisotopic (exact) mass is 336 g/mol. The van der Waals surface area contributed by atoms with Crippen LogP contribution < -0.4 is 10.6 Å². The fourth-order valence-electron chi connectivity index (χ4n) is 2.18. The third-order valence-corrected chi connectivity index (χ3v) is 3.59. The zero-order valence-electron chi connectivity index (χ0n) is 13.7. The van der Waals surface area contributed by atoms with Crippen molar-refractivity contribution in [1.82, 2.24) is 15.5 Å². The lowest BCUT2D eigenvalue weighted by molar-refractivity contribution is 0.0945. The van der Waals surface area contributed by atoms with Gasteiger partial charge in [0.05, 0.1) is 0 Å². The molecule has 0 fully saturated rings. The number of halogens is 1. The molecule has 2 aromatic carbocycles. The van der Waals surface area contributed by atoms with Crippen molar-refractivity contribution in [3.63, 3.8) is 0 Å². The van der Waals surface area contributed by atoms with Gasteiger partial charge in [-0.1, -0.05) is 29.8 Å². The summed E-state index contributed by atoms with van der Waals surface area (Å²) in [5, 5.41) is 13.8. The molecule has 0 saturated carbocycles. The summed E-state index contributed by atoms with van der Waals surface area (Å²) >= 11 is 0. The summed E-state index contributed by atoms with van der Waals surface area (Å²) in [6.07, 6.45) is 0. The molecule has 0 spiro atoms. The van der Waals surface area contributed by atoms with Gasteiger partial charge in [0.2, 0.25) is 0 Å². The molecule has 1 aromatic heterocycles. The second kappa shape index (κ2) is 7.53. The largest absolute Gasteiger partial charge is 0.347 e. The Labute approximate surface area is 144 Å². The highest BCUT2D eigenvalue weighted by atomic mass is 19.1. The van der Waals surface area contributed by atoms with Crippen molar-refractivity contribution in [3.05, 3.63) is 83.3 Å². The van der Waals surface area contributed by atoms with Gasteiger partial charge in [-0.15, -0.1) is 10.2 Å². The minimum absolute atomic E-state index is 0.219. The van der Waals surface area contributed by atoms with E-state index in [1.54, 1.807) is 24.3 Å². The fraction of sp³-hybridized carbons (Fsp3) is 0.105. The summed E-state index contributed by atoms with van der Waals surface area (Å²) in [5.41, 5.74) is 3.09. The number of hydrogen-bond acceptors (Lipinski definition) is 4. The van der Waals surface area contributed by atoms with E-state index in [0.717, 1.165) is 11.3 Å². The normalized spacial score (nSPS) is 10.3. The van der Waals surface area contributed by atoms with Gasteiger partial charge in [0.15, 0.2) is 11.5 Å². The van der Waals surface area contributed by atoms with Gasteiger partial charge in [0, 0.05) is 12.2 Å². The Kier molecular flexibility index (Phi) is 4.99. The Morgan fingerprint density at radius 3 is 2.32 bits per heavy atom. The van der Waals surface area contributed by atoms with Gasteiger partial charge < -0.3 is 10.6 Å². The summed E-state index contributed by atoms with van der Waals surface area (Å²) < 4.78 is 12.9. The summed E-state index contributed by atoms with van der Waals surface area (Å²) in [6.45, 7) is 2.31. The lowest BCUT2D eigenvalue weighted by Crippen LogP contribution is -2.24. The van der Waals surface area contributed by atoms with Crippen LogP contribution in [0.2, 0.25) is 0 Å². The van der Waals surface area contributed by atoms with Crippen LogP contribution in [0.15, 0.2) is 60.7 Å². The van der Waals surface area contributed by atoms with Crippen molar-refractivity contribution in [2.75, 3.05) is 5.32 Å². The van der Waals surface area contributed by atoms with Crippen LogP contribution in [0, 0.1) is 12.7 Å². The highest BCUT2D eigenvalue weighted by Gasteiger charge is 2.08. The standard InChI is InChI=1S/C19H17FN4O/c1-13-2-8-16(9-3-13)22-18-11-10-17(23-24-18)19(25)21-12-14-4-6-15(20)7-5-14/h2-11H,12H2,1H3,(H,21,25)(H,22,24). The Bertz CT molecular complexity index is 846. The number of nitrogens with one attached hydrogen (secondary N) is 2. The molecule has 0 atom stereocenters. The Morgan fingerprint density at radius 2 is 1.68 bits per heavy atom. The van der Waals surface area contributed by atoms with Crippen LogP contribution in [-0.4, -0.2) is 16.1 Å². The van der Waals surface area contributed by atoms with Crippen molar-refractivity contribution in [2.45, 2.75) is 13.5 Å². The SMILES string of the molecule is Cc1ccc(Nc2ccc(C(=O)NCc3ccc(F)cc3)nn2)cc1. The minimum Gasteiger partial charge on any atom is -0.347 e. The van der Waals surface area contributed by atoms with Gasteiger partial charge in [0.1, 0.15) is 5.82 Å². The first-order valence-electron chi connectivity index (χ1n) is 7.80. The fourth-order valence-corrected chi connectivity index (χ4v) is 2.18. The van der Waals surface area contributed by atoms with Gasteiger partial charge in [-0.3, -0.25) is 4.79 Å². The van der Waals surface area contributed by atoms with Crippen LogP contribution in [0.1, 0.15) is 21.6 Å². The van der Waals surface area contributed by atoms with Gasteiger partial charge >= 0.3 is 0 Å². The summed E-state index contributed by atoms with van der Waals surface area (Å²) in [4.78, 5) is 12.1. The number of nitrogens with zero attached hydrogens (tertiary/aromatic N) is 2. The molecule has 1 heterocycles. The second-order valence-electron chi connectivity index (χ2n) is 5.60. The number of carbonyl (C=O) groups is 1. The number of amides is 1. The van der Waals surface area contributed by atoms with Crippen LogP contribution in [-0.2, 0) is 6.54 Å². The molecular formula is C19H17FN4O. The number of benzene rings is 2. The second-order valence-corrected chi connectivity index (χ2v) is 5.60. The number of carbonyl (C=O) groups excluding carboxylic acids is 1. The molecule has 0 radical (unpaired) electrons. The van der Waals surface area contributed by atoms with Crippen LogP contribution in [0.4, 0.5) is 15.9 Å². The van der Waals surface area contributed by atoms with E-state index in [1.807, 2.05) is 31.2 Å². The molecule has 0 aliphatic rings. The van der Waals surface area contributed by atoms with E-state index in [1.165, 1.54) is 17.7 Å². The minimum atomic E-state index is -0.335. The lowest BCUT2D eigenvalue weighted by Gasteiger charge is -2.07. The Hall–Kier alpha value is -3.28. The molecule has 0 bridgehead atoms. The predicted molar refractivity (Wildman–Crippen MR) is 94.1 cm³/mol. The average molecular weight is 336 g/mol. The van der Waals surface area contributed by atoms with Crippen LogP contribution in [0.25, 0.3) is 0 Å². The quantitative estimate of drug-likeness (QED) is 0.747. The molecular weight excluding hydrogens is 319 g/mol. The molecule has 0 aliphatic carbocycles. The first kappa shape index (κ1) is 16.6. The zero-order chi connectivity index (χ0) is 17.6. The number of rotatable bonds is 5.